The molecule has 4 nitrogen and oxygen atoms in total. The second-order valence-electron chi connectivity index (χ2n) is 8.32. The van der Waals surface area contributed by atoms with Crippen LogP contribution in [0.25, 0.3) is 0 Å². The summed E-state index contributed by atoms with van der Waals surface area (Å²) >= 11 is 0. The second kappa shape index (κ2) is 9.44. The van der Waals surface area contributed by atoms with Gasteiger partial charge in [-0.3, -0.25) is 0 Å². The summed E-state index contributed by atoms with van der Waals surface area (Å²) in [5.74, 6) is -0.432. The zero-order valence-electron chi connectivity index (χ0n) is 18.7. The Morgan fingerprint density at radius 1 is 1.06 bits per heavy atom. The van der Waals surface area contributed by atoms with Gasteiger partial charge in [0.1, 0.15) is 5.82 Å². The number of halogens is 7. The van der Waals surface area contributed by atoms with Crippen molar-refractivity contribution in [1.29, 1.82) is 0 Å². The number of alkyl halides is 6. The van der Waals surface area contributed by atoms with Crippen molar-refractivity contribution < 1.29 is 35.5 Å². The van der Waals surface area contributed by atoms with E-state index in [1.165, 1.54) is 31.0 Å². The number of urea groups is 1. The summed E-state index contributed by atoms with van der Waals surface area (Å²) in [6.07, 6.45) is -9.97. The molecule has 2 aromatic rings. The maximum atomic E-state index is 13.6. The molecule has 1 unspecified atom stereocenters. The Hall–Kier alpha value is -2.82. The maximum Gasteiger partial charge on any atom is 0.416 e. The third kappa shape index (κ3) is 5.45. The van der Waals surface area contributed by atoms with Gasteiger partial charge in [0, 0.05) is 26.7 Å². The van der Waals surface area contributed by atoms with Crippen molar-refractivity contribution in [1.82, 2.24) is 15.1 Å². The molecule has 11 heteroatoms. The van der Waals surface area contributed by atoms with E-state index < -0.39 is 47.4 Å². The highest BCUT2D eigenvalue weighted by Gasteiger charge is 2.38. The fraction of sp³-hybridized carbons (Fsp3) is 0.435. The van der Waals surface area contributed by atoms with Crippen molar-refractivity contribution >= 4 is 6.03 Å². The van der Waals surface area contributed by atoms with Crippen LogP contribution in [-0.4, -0.2) is 42.5 Å². The summed E-state index contributed by atoms with van der Waals surface area (Å²) in [5, 5.41) is 3.15. The molecule has 0 radical (unpaired) electrons. The molecule has 186 valence electrons. The Balaban J connectivity index is 1.94. The molecule has 0 aromatic heterocycles. The highest BCUT2D eigenvalue weighted by atomic mass is 19.4. The smallest absolute Gasteiger partial charge is 0.321 e. The molecular weight excluding hydrogens is 467 g/mol. The minimum Gasteiger partial charge on any atom is -0.321 e. The Morgan fingerprint density at radius 2 is 1.65 bits per heavy atom. The van der Waals surface area contributed by atoms with Gasteiger partial charge < -0.3 is 15.1 Å². The zero-order chi connectivity index (χ0) is 25.4. The predicted octanol–water partition coefficient (Wildman–Crippen LogP) is 5.93. The summed E-state index contributed by atoms with van der Waals surface area (Å²) in [5.41, 5.74) is -1.85. The van der Waals surface area contributed by atoms with Crippen LogP contribution in [0.5, 0.6) is 0 Å². The van der Waals surface area contributed by atoms with E-state index >= 15 is 0 Å². The van der Waals surface area contributed by atoms with E-state index in [1.807, 2.05) is 0 Å². The molecule has 1 heterocycles. The van der Waals surface area contributed by atoms with Crippen molar-refractivity contribution in [3.8, 4) is 0 Å². The second-order valence-corrected chi connectivity index (χ2v) is 8.32. The molecule has 1 N–H and O–H groups in total. The molecule has 1 aliphatic heterocycles. The number of carbonyl (C=O) groups excluding carboxylic acids is 1. The van der Waals surface area contributed by atoms with Gasteiger partial charge in [0.2, 0.25) is 0 Å². The fourth-order valence-electron chi connectivity index (χ4n) is 4.04. The first kappa shape index (κ1) is 25.8. The van der Waals surface area contributed by atoms with Gasteiger partial charge in [0.15, 0.2) is 0 Å². The molecule has 2 atom stereocenters. The Kier molecular flexibility index (Phi) is 7.16. The van der Waals surface area contributed by atoms with Gasteiger partial charge in [-0.25, -0.2) is 9.18 Å². The molecule has 3 rings (SSSR count). The largest absolute Gasteiger partial charge is 0.416 e. The third-order valence-electron chi connectivity index (χ3n) is 6.06. The normalized spacial score (nSPS) is 18.1. The summed E-state index contributed by atoms with van der Waals surface area (Å²) in [6, 6.07) is 3.36. The Labute approximate surface area is 192 Å². The molecule has 0 bridgehead atoms. The molecule has 0 aliphatic carbocycles. The molecule has 0 saturated carbocycles. The van der Waals surface area contributed by atoms with E-state index in [0.29, 0.717) is 36.3 Å². The van der Waals surface area contributed by atoms with Crippen molar-refractivity contribution in [3.05, 3.63) is 70.0 Å². The number of benzene rings is 2. The number of rotatable bonds is 3. The summed E-state index contributed by atoms with van der Waals surface area (Å²) in [7, 11) is 1.33. The van der Waals surface area contributed by atoms with Crippen LogP contribution in [0.2, 0.25) is 0 Å². The summed E-state index contributed by atoms with van der Waals surface area (Å²) in [4.78, 5) is 16.0. The topological polar surface area (TPSA) is 35.6 Å². The van der Waals surface area contributed by atoms with Gasteiger partial charge in [-0.2, -0.15) is 26.3 Å². The average Bonchev–Trinajstić information content (AvgIpc) is 2.76. The lowest BCUT2D eigenvalue weighted by molar-refractivity contribution is -0.143. The average molecular weight is 491 g/mol. The first-order valence-corrected chi connectivity index (χ1v) is 10.5. The predicted molar refractivity (Wildman–Crippen MR) is 111 cm³/mol. The lowest BCUT2D eigenvalue weighted by atomic mass is 9.98. The molecule has 2 aromatic carbocycles. The van der Waals surface area contributed by atoms with Gasteiger partial charge in [-0.15, -0.1) is 0 Å². The first-order chi connectivity index (χ1) is 15.7. The Bertz CT molecular complexity index is 1020. The highest BCUT2D eigenvalue weighted by Crippen LogP contribution is 2.38. The van der Waals surface area contributed by atoms with Crippen LogP contribution in [0.1, 0.15) is 46.8 Å². The van der Waals surface area contributed by atoms with Gasteiger partial charge in [0.25, 0.3) is 0 Å². The van der Waals surface area contributed by atoms with Crippen LogP contribution >= 0.6 is 0 Å². The van der Waals surface area contributed by atoms with Crippen LogP contribution in [0.4, 0.5) is 35.5 Å². The highest BCUT2D eigenvalue weighted by molar-refractivity contribution is 5.75. The van der Waals surface area contributed by atoms with Crippen LogP contribution in [0, 0.1) is 12.7 Å². The minimum absolute atomic E-state index is 0.0572. The van der Waals surface area contributed by atoms with Crippen LogP contribution in [-0.2, 0) is 12.4 Å². The van der Waals surface area contributed by atoms with Crippen LogP contribution < -0.4 is 5.32 Å². The van der Waals surface area contributed by atoms with Gasteiger partial charge >= 0.3 is 18.4 Å². The van der Waals surface area contributed by atoms with Gasteiger partial charge in [-0.05, 0) is 60.9 Å². The van der Waals surface area contributed by atoms with E-state index in [4.69, 9.17) is 0 Å². The molecule has 1 aliphatic rings. The molecule has 0 spiro atoms. The molecule has 1 fully saturated rings. The molecule has 2 amide bonds. The lowest BCUT2D eigenvalue weighted by Crippen LogP contribution is -2.52. The van der Waals surface area contributed by atoms with Gasteiger partial charge in [-0.1, -0.05) is 6.07 Å². The standard InChI is InChI=1S/C23H24F7N3O/c1-13-8-18(24)4-5-19(13)20-12-31-6-7-33(20)21(34)32(3)14(2)15-9-16(22(25,26)27)11-17(10-15)23(28,29)30/h4-5,8-11,14,20,31H,6-7,12H2,1-3H3/t14-,20?/m1/s1. The molecule has 34 heavy (non-hydrogen) atoms. The van der Waals surface area contributed by atoms with Crippen molar-refractivity contribution in [3.63, 3.8) is 0 Å². The number of nitrogens with one attached hydrogen (secondary N) is 1. The maximum absolute atomic E-state index is 13.6. The monoisotopic (exact) mass is 491 g/mol. The molecular formula is C23H24F7N3O. The van der Waals surface area contributed by atoms with Crippen LogP contribution in [0.3, 0.4) is 0 Å². The fourth-order valence-corrected chi connectivity index (χ4v) is 4.04. The first-order valence-electron chi connectivity index (χ1n) is 10.5. The number of hydrogen-bond acceptors (Lipinski definition) is 2. The zero-order valence-corrected chi connectivity index (χ0v) is 18.7. The Morgan fingerprint density at radius 3 is 2.18 bits per heavy atom. The third-order valence-corrected chi connectivity index (χ3v) is 6.06. The van der Waals surface area contributed by atoms with E-state index in [0.717, 1.165) is 4.90 Å². The van der Waals surface area contributed by atoms with Crippen molar-refractivity contribution in [2.75, 3.05) is 26.7 Å². The van der Waals surface area contributed by atoms with Gasteiger partial charge in [0.05, 0.1) is 23.2 Å². The van der Waals surface area contributed by atoms with E-state index in [2.05, 4.69) is 5.32 Å². The number of hydrogen-bond donors (Lipinski definition) is 1. The van der Waals surface area contributed by atoms with E-state index in [1.54, 1.807) is 13.0 Å². The number of piperazine rings is 1. The summed E-state index contributed by atoms with van der Waals surface area (Å²) < 4.78 is 93.2. The van der Waals surface area contributed by atoms with E-state index in [-0.39, 0.29) is 18.2 Å². The van der Waals surface area contributed by atoms with Crippen molar-refractivity contribution in [2.24, 2.45) is 0 Å². The lowest BCUT2D eigenvalue weighted by Gasteiger charge is -2.40. The minimum atomic E-state index is -4.98. The number of amides is 2. The van der Waals surface area contributed by atoms with Crippen molar-refractivity contribution in [2.45, 2.75) is 38.3 Å². The van der Waals surface area contributed by atoms with Crippen LogP contribution in [0.15, 0.2) is 36.4 Å². The SMILES string of the molecule is Cc1cc(F)ccc1C1CNCCN1C(=O)N(C)[C@H](C)c1cc(C(F)(F)F)cc(C(F)(F)F)c1. The molecule has 1 saturated heterocycles. The number of carbonyl (C=O) groups is 1. The quantitative estimate of drug-likeness (QED) is 0.541. The number of aryl methyl sites for hydroxylation is 1. The van der Waals surface area contributed by atoms with E-state index in [9.17, 15) is 35.5 Å². The summed E-state index contributed by atoms with van der Waals surface area (Å²) in [6.45, 7) is 4.14. The number of nitrogens with zero attached hydrogens (tertiary/aromatic N) is 2.